The zero-order valence-electron chi connectivity index (χ0n) is 10.2. The van der Waals surface area contributed by atoms with Crippen molar-refractivity contribution in [2.45, 2.75) is 26.2 Å². The summed E-state index contributed by atoms with van der Waals surface area (Å²) in [6.07, 6.45) is 2.77. The number of nitriles is 1. The molecule has 0 radical (unpaired) electrons. The van der Waals surface area contributed by atoms with Gasteiger partial charge in [-0.2, -0.15) is 5.26 Å². The molecule has 0 spiro atoms. The van der Waals surface area contributed by atoms with E-state index in [2.05, 4.69) is 11.4 Å². The van der Waals surface area contributed by atoms with Crippen LogP contribution in [0.3, 0.4) is 0 Å². The number of rotatable bonds is 5. The van der Waals surface area contributed by atoms with Gasteiger partial charge >= 0.3 is 0 Å². The number of nitrogens with zero attached hydrogens (tertiary/aromatic N) is 2. The van der Waals surface area contributed by atoms with E-state index in [1.807, 2.05) is 6.92 Å². The lowest BCUT2D eigenvalue weighted by Gasteiger charge is -2.19. The lowest BCUT2D eigenvalue weighted by Crippen LogP contribution is -2.30. The molecular weight excluding hydrogens is 202 g/mol. The minimum Gasteiger partial charge on any atom is -0.344 e. The van der Waals surface area contributed by atoms with Gasteiger partial charge in [0.15, 0.2) is 0 Å². The van der Waals surface area contributed by atoms with E-state index in [0.717, 1.165) is 19.5 Å². The Morgan fingerprint density at radius 3 is 3.00 bits per heavy atom. The van der Waals surface area contributed by atoms with Crippen LogP contribution in [0.4, 0.5) is 0 Å². The van der Waals surface area contributed by atoms with Gasteiger partial charge in [0.25, 0.3) is 0 Å². The van der Waals surface area contributed by atoms with Crippen molar-refractivity contribution in [1.29, 1.82) is 5.26 Å². The first-order chi connectivity index (χ1) is 7.63. The maximum Gasteiger partial charge on any atom is 0.222 e. The van der Waals surface area contributed by atoms with Crippen molar-refractivity contribution in [3.05, 3.63) is 0 Å². The molecule has 2 unspecified atom stereocenters. The third-order valence-corrected chi connectivity index (χ3v) is 3.12. The highest BCUT2D eigenvalue weighted by atomic mass is 16.2. The summed E-state index contributed by atoms with van der Waals surface area (Å²) in [6.45, 7) is 4.51. The number of carbonyl (C=O) groups excluding carboxylic acids is 1. The van der Waals surface area contributed by atoms with Gasteiger partial charge < -0.3 is 10.2 Å². The highest BCUT2D eigenvalue weighted by Crippen LogP contribution is 2.15. The molecular formula is C12H21N3O. The summed E-state index contributed by atoms with van der Waals surface area (Å²) in [5.41, 5.74) is 0. The van der Waals surface area contributed by atoms with Crippen LogP contribution in [0.1, 0.15) is 26.2 Å². The SMILES string of the molecule is CC(C#N)CN(C)C(=O)CCC1CCNC1. The average Bonchev–Trinajstić information content (AvgIpc) is 2.78. The van der Waals surface area contributed by atoms with Crippen molar-refractivity contribution in [1.82, 2.24) is 10.2 Å². The van der Waals surface area contributed by atoms with Crippen LogP contribution in [-0.4, -0.2) is 37.5 Å². The van der Waals surface area contributed by atoms with E-state index in [1.54, 1.807) is 11.9 Å². The van der Waals surface area contributed by atoms with Crippen molar-refractivity contribution in [2.24, 2.45) is 11.8 Å². The predicted molar refractivity (Wildman–Crippen MR) is 62.6 cm³/mol. The Labute approximate surface area is 97.6 Å². The molecule has 0 aromatic carbocycles. The van der Waals surface area contributed by atoms with Gasteiger partial charge in [-0.15, -0.1) is 0 Å². The Bertz CT molecular complexity index is 266. The molecule has 1 saturated heterocycles. The molecule has 1 aliphatic heterocycles. The van der Waals surface area contributed by atoms with Crippen LogP contribution in [0.15, 0.2) is 0 Å². The minimum atomic E-state index is -0.0814. The molecule has 4 nitrogen and oxygen atoms in total. The highest BCUT2D eigenvalue weighted by molar-refractivity contribution is 5.75. The van der Waals surface area contributed by atoms with E-state index < -0.39 is 0 Å². The summed E-state index contributed by atoms with van der Waals surface area (Å²) < 4.78 is 0. The maximum absolute atomic E-state index is 11.7. The summed E-state index contributed by atoms with van der Waals surface area (Å²) >= 11 is 0. The number of hydrogen-bond acceptors (Lipinski definition) is 3. The number of hydrogen-bond donors (Lipinski definition) is 1. The smallest absolute Gasteiger partial charge is 0.222 e. The van der Waals surface area contributed by atoms with Crippen molar-refractivity contribution in [2.75, 3.05) is 26.7 Å². The van der Waals surface area contributed by atoms with Crippen LogP contribution in [0.25, 0.3) is 0 Å². The second kappa shape index (κ2) is 6.49. The Hall–Kier alpha value is -1.08. The molecule has 1 rings (SSSR count). The monoisotopic (exact) mass is 223 g/mol. The Morgan fingerprint density at radius 2 is 2.44 bits per heavy atom. The Balaban J connectivity index is 2.20. The van der Waals surface area contributed by atoms with Gasteiger partial charge in [-0.25, -0.2) is 0 Å². The molecule has 1 fully saturated rings. The molecule has 1 aliphatic rings. The van der Waals surface area contributed by atoms with Crippen molar-refractivity contribution in [3.8, 4) is 6.07 Å². The van der Waals surface area contributed by atoms with E-state index in [1.165, 1.54) is 6.42 Å². The standard InChI is InChI=1S/C12H21N3O/c1-10(7-13)9-15(2)12(16)4-3-11-5-6-14-8-11/h10-11,14H,3-6,8-9H2,1-2H3. The summed E-state index contributed by atoms with van der Waals surface area (Å²) in [4.78, 5) is 13.4. The number of carbonyl (C=O) groups is 1. The van der Waals surface area contributed by atoms with Gasteiger partial charge in [0.1, 0.15) is 0 Å². The first-order valence-electron chi connectivity index (χ1n) is 5.97. The zero-order valence-corrected chi connectivity index (χ0v) is 10.2. The van der Waals surface area contributed by atoms with E-state index in [9.17, 15) is 4.79 Å². The first kappa shape index (κ1) is 13.0. The molecule has 0 saturated carbocycles. The van der Waals surface area contributed by atoms with Gasteiger partial charge in [0.2, 0.25) is 5.91 Å². The van der Waals surface area contributed by atoms with Crippen LogP contribution < -0.4 is 5.32 Å². The molecule has 16 heavy (non-hydrogen) atoms. The Morgan fingerprint density at radius 1 is 1.69 bits per heavy atom. The summed E-state index contributed by atoms with van der Waals surface area (Å²) in [7, 11) is 1.78. The first-order valence-corrected chi connectivity index (χ1v) is 5.97. The zero-order chi connectivity index (χ0) is 12.0. The largest absolute Gasteiger partial charge is 0.344 e. The lowest BCUT2D eigenvalue weighted by molar-refractivity contribution is -0.130. The summed E-state index contributed by atoms with van der Waals surface area (Å²) in [5, 5.41) is 12.0. The molecule has 1 amide bonds. The van der Waals surface area contributed by atoms with E-state index in [-0.39, 0.29) is 11.8 Å². The number of amides is 1. The van der Waals surface area contributed by atoms with Gasteiger partial charge in [-0.3, -0.25) is 4.79 Å². The van der Waals surface area contributed by atoms with Crippen molar-refractivity contribution in [3.63, 3.8) is 0 Å². The summed E-state index contributed by atoms with van der Waals surface area (Å²) in [5.74, 6) is 0.738. The fraction of sp³-hybridized carbons (Fsp3) is 0.833. The third-order valence-electron chi connectivity index (χ3n) is 3.12. The highest BCUT2D eigenvalue weighted by Gasteiger charge is 2.17. The fourth-order valence-electron chi connectivity index (χ4n) is 2.03. The van der Waals surface area contributed by atoms with Crippen LogP contribution in [0.2, 0.25) is 0 Å². The van der Waals surface area contributed by atoms with Gasteiger partial charge in [0.05, 0.1) is 12.0 Å². The molecule has 90 valence electrons. The second-order valence-corrected chi connectivity index (χ2v) is 4.70. The maximum atomic E-state index is 11.7. The predicted octanol–water partition coefficient (Wildman–Crippen LogP) is 0.994. The van der Waals surface area contributed by atoms with E-state index >= 15 is 0 Å². The number of nitrogens with one attached hydrogen (secondary N) is 1. The lowest BCUT2D eigenvalue weighted by atomic mass is 10.0. The third kappa shape index (κ3) is 4.19. The van der Waals surface area contributed by atoms with Crippen LogP contribution in [-0.2, 0) is 4.79 Å². The average molecular weight is 223 g/mol. The van der Waals surface area contributed by atoms with E-state index in [4.69, 9.17) is 5.26 Å². The molecule has 0 aromatic heterocycles. The van der Waals surface area contributed by atoms with E-state index in [0.29, 0.717) is 18.9 Å². The second-order valence-electron chi connectivity index (χ2n) is 4.70. The molecule has 1 N–H and O–H groups in total. The van der Waals surface area contributed by atoms with Crippen molar-refractivity contribution < 1.29 is 4.79 Å². The van der Waals surface area contributed by atoms with Gasteiger partial charge in [-0.1, -0.05) is 0 Å². The normalized spacial score (nSPS) is 21.4. The summed E-state index contributed by atoms with van der Waals surface area (Å²) in [6, 6.07) is 2.14. The molecule has 1 heterocycles. The minimum absolute atomic E-state index is 0.0814. The topological polar surface area (TPSA) is 56.1 Å². The molecule has 0 aromatic rings. The fourth-order valence-corrected chi connectivity index (χ4v) is 2.03. The van der Waals surface area contributed by atoms with Crippen LogP contribution in [0.5, 0.6) is 0 Å². The van der Waals surface area contributed by atoms with Crippen LogP contribution >= 0.6 is 0 Å². The Kier molecular flexibility index (Phi) is 5.27. The molecule has 0 bridgehead atoms. The van der Waals surface area contributed by atoms with Crippen molar-refractivity contribution >= 4 is 5.91 Å². The van der Waals surface area contributed by atoms with Crippen LogP contribution in [0, 0.1) is 23.2 Å². The quantitative estimate of drug-likeness (QED) is 0.756. The molecule has 4 heteroatoms. The molecule has 0 aliphatic carbocycles. The molecule has 2 atom stereocenters. The van der Waals surface area contributed by atoms with Gasteiger partial charge in [0, 0.05) is 20.0 Å². The van der Waals surface area contributed by atoms with Gasteiger partial charge in [-0.05, 0) is 38.8 Å².